The zero-order chi connectivity index (χ0) is 21.8. The summed E-state index contributed by atoms with van der Waals surface area (Å²) in [6.07, 6.45) is 0. The van der Waals surface area contributed by atoms with Crippen molar-refractivity contribution < 1.29 is 14.7 Å². The predicted molar refractivity (Wildman–Crippen MR) is 118 cm³/mol. The highest BCUT2D eigenvalue weighted by Crippen LogP contribution is 2.27. The molecule has 30 heavy (non-hydrogen) atoms. The number of rotatable bonds is 6. The van der Waals surface area contributed by atoms with Crippen LogP contribution >= 0.6 is 11.3 Å². The Morgan fingerprint density at radius 2 is 1.97 bits per heavy atom. The van der Waals surface area contributed by atoms with Gasteiger partial charge < -0.3 is 20.7 Å². The summed E-state index contributed by atoms with van der Waals surface area (Å²) < 4.78 is 1.99. The lowest BCUT2D eigenvalue weighted by molar-refractivity contribution is -0.118. The van der Waals surface area contributed by atoms with Gasteiger partial charge in [-0.25, -0.2) is 4.99 Å². The van der Waals surface area contributed by atoms with Gasteiger partial charge in [-0.1, -0.05) is 12.1 Å². The Morgan fingerprint density at radius 3 is 2.67 bits per heavy atom. The summed E-state index contributed by atoms with van der Waals surface area (Å²) in [4.78, 5) is 28.6. The van der Waals surface area contributed by atoms with Crippen molar-refractivity contribution in [2.45, 2.75) is 27.3 Å². The number of aromatic nitrogens is 1. The van der Waals surface area contributed by atoms with Crippen LogP contribution in [0.2, 0.25) is 0 Å². The number of benzene rings is 2. The van der Waals surface area contributed by atoms with E-state index >= 15 is 0 Å². The Kier molecular flexibility index (Phi) is 6.37. The highest BCUT2D eigenvalue weighted by atomic mass is 32.1. The van der Waals surface area contributed by atoms with Crippen LogP contribution in [0.15, 0.2) is 46.8 Å². The number of primary amides is 1. The van der Waals surface area contributed by atoms with Crippen LogP contribution in [0.3, 0.4) is 0 Å². The molecule has 0 spiro atoms. The molecule has 0 unspecified atom stereocenters. The number of hydrogen-bond acceptors (Lipinski definition) is 5. The zero-order valence-corrected chi connectivity index (χ0v) is 17.9. The molecule has 0 aliphatic rings. The number of carbonyl (C=O) groups is 2. The van der Waals surface area contributed by atoms with Crippen molar-refractivity contribution in [2.24, 2.45) is 10.7 Å². The normalized spacial score (nSPS) is 11.5. The number of hydrogen-bond donors (Lipinski definition) is 3. The maximum atomic E-state index is 11.6. The maximum absolute atomic E-state index is 11.6. The molecule has 0 aliphatic heterocycles. The first-order valence-electron chi connectivity index (χ1n) is 9.44. The van der Waals surface area contributed by atoms with Crippen molar-refractivity contribution in [1.29, 1.82) is 0 Å². The quantitative estimate of drug-likeness (QED) is 0.566. The summed E-state index contributed by atoms with van der Waals surface area (Å²) in [5.41, 5.74) is 10.0. The standard InChI is InChI=1S/C22H24N4O3S/c1-13-4-5-14(2)18(10-13)25-22-26(9-8-24-15(3)27)19(12-30-22)16-6-7-20(28)17(11-16)21(23)29/h4-7,10-12,28H,8-9H2,1-3H3,(H2,23,29)(H,24,27). The third kappa shape index (κ3) is 4.77. The summed E-state index contributed by atoms with van der Waals surface area (Å²) in [6, 6.07) is 10.8. The van der Waals surface area contributed by atoms with E-state index in [1.807, 2.05) is 42.0 Å². The SMILES string of the molecule is CC(=O)NCCn1c(-c2ccc(O)c(C(N)=O)c2)csc1=Nc1cc(C)ccc1C. The molecule has 156 valence electrons. The van der Waals surface area contributed by atoms with Crippen molar-refractivity contribution in [1.82, 2.24) is 9.88 Å². The molecule has 1 aromatic heterocycles. The van der Waals surface area contributed by atoms with Gasteiger partial charge in [0.15, 0.2) is 4.80 Å². The van der Waals surface area contributed by atoms with E-state index in [0.29, 0.717) is 13.1 Å². The van der Waals surface area contributed by atoms with Gasteiger partial charge in [-0.15, -0.1) is 11.3 Å². The minimum absolute atomic E-state index is 0.0557. The van der Waals surface area contributed by atoms with E-state index in [0.717, 1.165) is 32.9 Å². The number of nitrogens with one attached hydrogen (secondary N) is 1. The van der Waals surface area contributed by atoms with E-state index in [1.54, 1.807) is 12.1 Å². The predicted octanol–water partition coefficient (Wildman–Crippen LogP) is 3.01. The summed E-state index contributed by atoms with van der Waals surface area (Å²) in [7, 11) is 0. The summed E-state index contributed by atoms with van der Waals surface area (Å²) in [5, 5.41) is 14.7. The van der Waals surface area contributed by atoms with E-state index in [2.05, 4.69) is 5.32 Å². The second kappa shape index (κ2) is 8.96. The van der Waals surface area contributed by atoms with Crippen molar-refractivity contribution >= 4 is 28.8 Å². The van der Waals surface area contributed by atoms with E-state index in [-0.39, 0.29) is 17.2 Å². The molecule has 0 bridgehead atoms. The largest absolute Gasteiger partial charge is 0.507 e. The molecular weight excluding hydrogens is 400 g/mol. The number of phenols is 1. The van der Waals surface area contributed by atoms with Crippen molar-refractivity contribution in [3.8, 4) is 17.0 Å². The Morgan fingerprint density at radius 1 is 1.20 bits per heavy atom. The molecule has 4 N–H and O–H groups in total. The lowest BCUT2D eigenvalue weighted by Gasteiger charge is -2.11. The fourth-order valence-electron chi connectivity index (χ4n) is 3.04. The fourth-order valence-corrected chi connectivity index (χ4v) is 3.99. The van der Waals surface area contributed by atoms with Gasteiger partial charge >= 0.3 is 0 Å². The molecule has 1 heterocycles. The van der Waals surface area contributed by atoms with Crippen LogP contribution in [0, 0.1) is 13.8 Å². The van der Waals surface area contributed by atoms with Gasteiger partial charge in [0.05, 0.1) is 16.9 Å². The number of nitrogens with two attached hydrogens (primary N) is 1. The molecular formula is C22H24N4O3S. The van der Waals surface area contributed by atoms with Gasteiger partial charge in [-0.3, -0.25) is 9.59 Å². The summed E-state index contributed by atoms with van der Waals surface area (Å²) >= 11 is 1.46. The van der Waals surface area contributed by atoms with E-state index in [1.165, 1.54) is 24.3 Å². The molecule has 3 rings (SSSR count). The van der Waals surface area contributed by atoms with Gasteiger partial charge in [0.2, 0.25) is 5.91 Å². The van der Waals surface area contributed by atoms with Crippen LogP contribution in [0.5, 0.6) is 5.75 Å². The fraction of sp³-hybridized carbons (Fsp3) is 0.227. The number of thiazole rings is 1. The third-order valence-corrected chi connectivity index (χ3v) is 5.51. The summed E-state index contributed by atoms with van der Waals surface area (Å²) in [5.74, 6) is -0.970. The second-order valence-electron chi connectivity index (χ2n) is 7.04. The van der Waals surface area contributed by atoms with Crippen LogP contribution in [0.4, 0.5) is 5.69 Å². The second-order valence-corrected chi connectivity index (χ2v) is 7.87. The van der Waals surface area contributed by atoms with E-state index < -0.39 is 5.91 Å². The molecule has 8 heteroatoms. The van der Waals surface area contributed by atoms with Crippen molar-refractivity contribution in [3.63, 3.8) is 0 Å². The van der Waals surface area contributed by atoms with E-state index in [4.69, 9.17) is 10.7 Å². The minimum atomic E-state index is -0.699. The van der Waals surface area contributed by atoms with Crippen molar-refractivity contribution in [3.05, 3.63) is 63.3 Å². The highest BCUT2D eigenvalue weighted by Gasteiger charge is 2.14. The first-order chi connectivity index (χ1) is 14.3. The van der Waals surface area contributed by atoms with Gasteiger partial charge in [0.1, 0.15) is 5.75 Å². The molecule has 0 saturated carbocycles. The van der Waals surface area contributed by atoms with Crippen LogP contribution in [-0.2, 0) is 11.3 Å². The lowest BCUT2D eigenvalue weighted by Crippen LogP contribution is -2.28. The topological polar surface area (TPSA) is 110 Å². The van der Waals surface area contributed by atoms with Gasteiger partial charge in [0.25, 0.3) is 5.91 Å². The lowest BCUT2D eigenvalue weighted by atomic mass is 10.1. The third-order valence-electron chi connectivity index (χ3n) is 4.65. The number of nitrogens with zero attached hydrogens (tertiary/aromatic N) is 2. The van der Waals surface area contributed by atoms with Crippen LogP contribution in [0.25, 0.3) is 11.3 Å². The maximum Gasteiger partial charge on any atom is 0.252 e. The minimum Gasteiger partial charge on any atom is -0.507 e. The molecule has 2 amide bonds. The monoisotopic (exact) mass is 424 g/mol. The smallest absolute Gasteiger partial charge is 0.252 e. The van der Waals surface area contributed by atoms with Gasteiger partial charge in [-0.05, 0) is 49.2 Å². The Labute approximate surface area is 178 Å². The zero-order valence-electron chi connectivity index (χ0n) is 17.1. The molecule has 0 saturated heterocycles. The molecule has 0 radical (unpaired) electrons. The number of aryl methyl sites for hydroxylation is 2. The van der Waals surface area contributed by atoms with Crippen molar-refractivity contribution in [2.75, 3.05) is 6.54 Å². The van der Waals surface area contributed by atoms with Gasteiger partial charge in [-0.2, -0.15) is 0 Å². The average Bonchev–Trinajstić information content (AvgIpc) is 3.07. The van der Waals surface area contributed by atoms with E-state index in [9.17, 15) is 14.7 Å². The number of carbonyl (C=O) groups excluding carboxylic acids is 2. The number of amides is 2. The first kappa shape index (κ1) is 21.3. The molecule has 0 fully saturated rings. The molecule has 0 atom stereocenters. The Bertz CT molecular complexity index is 1180. The van der Waals surface area contributed by atoms with Crippen LogP contribution in [0.1, 0.15) is 28.4 Å². The Hall–Kier alpha value is -3.39. The molecule has 7 nitrogen and oxygen atoms in total. The van der Waals surface area contributed by atoms with Gasteiger partial charge in [0, 0.05) is 31.0 Å². The highest BCUT2D eigenvalue weighted by molar-refractivity contribution is 7.07. The Balaban J connectivity index is 2.13. The molecule has 3 aromatic rings. The molecule has 0 aliphatic carbocycles. The number of aromatic hydroxyl groups is 1. The molecule has 2 aromatic carbocycles. The average molecular weight is 425 g/mol. The first-order valence-corrected chi connectivity index (χ1v) is 10.3. The van der Waals surface area contributed by atoms with Crippen LogP contribution < -0.4 is 15.9 Å². The van der Waals surface area contributed by atoms with Crippen LogP contribution in [-0.4, -0.2) is 28.0 Å². The summed E-state index contributed by atoms with van der Waals surface area (Å²) in [6.45, 7) is 6.42.